The lowest BCUT2D eigenvalue weighted by atomic mass is 9.71. The molecule has 4 nitrogen and oxygen atoms in total. The van der Waals surface area contributed by atoms with Crippen LogP contribution in [0.3, 0.4) is 0 Å². The average Bonchev–Trinajstić information content (AvgIpc) is 2.89. The van der Waals surface area contributed by atoms with Gasteiger partial charge in [0.15, 0.2) is 0 Å². The Hall–Kier alpha value is -1.55. The Bertz CT molecular complexity index is 557. The number of hydrogen-bond donors (Lipinski definition) is 1. The Balaban J connectivity index is 1.60. The van der Waals surface area contributed by atoms with E-state index in [0.29, 0.717) is 11.5 Å². The molecule has 1 aromatic carbocycles. The van der Waals surface area contributed by atoms with Gasteiger partial charge in [-0.2, -0.15) is 0 Å². The molecular weight excluding hydrogens is 300 g/mol. The Morgan fingerprint density at radius 1 is 1.21 bits per heavy atom. The number of rotatable bonds is 2. The molecule has 4 heteroatoms. The van der Waals surface area contributed by atoms with Gasteiger partial charge in [0.1, 0.15) is 5.60 Å². The van der Waals surface area contributed by atoms with E-state index in [-0.39, 0.29) is 6.09 Å². The van der Waals surface area contributed by atoms with Crippen LogP contribution in [0.4, 0.5) is 4.79 Å². The fourth-order valence-electron chi connectivity index (χ4n) is 4.08. The van der Waals surface area contributed by atoms with Crippen molar-refractivity contribution < 1.29 is 9.53 Å². The monoisotopic (exact) mass is 330 g/mol. The summed E-state index contributed by atoms with van der Waals surface area (Å²) in [5, 5.41) is 3.71. The third-order valence-corrected chi connectivity index (χ3v) is 5.45. The number of piperidine rings is 1. The van der Waals surface area contributed by atoms with Gasteiger partial charge in [-0.25, -0.2) is 4.79 Å². The summed E-state index contributed by atoms with van der Waals surface area (Å²) in [4.78, 5) is 14.2. The topological polar surface area (TPSA) is 41.6 Å². The van der Waals surface area contributed by atoms with Crippen LogP contribution in [0.1, 0.15) is 45.6 Å². The summed E-state index contributed by atoms with van der Waals surface area (Å²) in [5.74, 6) is 0. The molecule has 3 rings (SSSR count). The lowest BCUT2D eigenvalue weighted by Gasteiger charge is -2.43. The van der Waals surface area contributed by atoms with Crippen LogP contribution in [0.2, 0.25) is 0 Å². The first-order valence-corrected chi connectivity index (χ1v) is 9.13. The molecule has 2 heterocycles. The number of amides is 1. The summed E-state index contributed by atoms with van der Waals surface area (Å²) in [6, 6.07) is 11.2. The summed E-state index contributed by atoms with van der Waals surface area (Å²) in [5.41, 5.74) is 1.30. The first-order valence-electron chi connectivity index (χ1n) is 9.13. The number of carbonyl (C=O) groups excluding carboxylic acids is 1. The van der Waals surface area contributed by atoms with Gasteiger partial charge >= 0.3 is 6.09 Å². The predicted octanol–water partition coefficient (Wildman–Crippen LogP) is 3.61. The zero-order chi connectivity index (χ0) is 17.2. The summed E-state index contributed by atoms with van der Waals surface area (Å²) < 4.78 is 5.52. The molecule has 1 unspecified atom stereocenters. The minimum Gasteiger partial charge on any atom is -0.444 e. The highest BCUT2D eigenvalue weighted by Gasteiger charge is 2.45. The van der Waals surface area contributed by atoms with Gasteiger partial charge in [0.05, 0.1) is 0 Å². The van der Waals surface area contributed by atoms with Crippen molar-refractivity contribution in [1.82, 2.24) is 10.2 Å². The number of likely N-dealkylation sites (tertiary alicyclic amines) is 1. The van der Waals surface area contributed by atoms with Crippen LogP contribution >= 0.6 is 0 Å². The zero-order valence-electron chi connectivity index (χ0n) is 15.2. The fourth-order valence-corrected chi connectivity index (χ4v) is 4.08. The number of nitrogens with zero attached hydrogens (tertiary/aromatic N) is 1. The molecule has 0 bridgehead atoms. The van der Waals surface area contributed by atoms with E-state index in [4.69, 9.17) is 4.74 Å². The van der Waals surface area contributed by atoms with Crippen LogP contribution in [0, 0.1) is 5.41 Å². The van der Waals surface area contributed by atoms with Gasteiger partial charge in [-0.1, -0.05) is 30.3 Å². The highest BCUT2D eigenvalue weighted by atomic mass is 16.6. The molecular formula is C20H30N2O2. The van der Waals surface area contributed by atoms with E-state index in [1.807, 2.05) is 25.7 Å². The molecule has 1 amide bonds. The molecule has 2 aliphatic heterocycles. The Morgan fingerprint density at radius 2 is 1.88 bits per heavy atom. The highest BCUT2D eigenvalue weighted by Crippen LogP contribution is 2.42. The van der Waals surface area contributed by atoms with E-state index in [9.17, 15) is 4.79 Å². The van der Waals surface area contributed by atoms with E-state index >= 15 is 0 Å². The molecule has 0 saturated carbocycles. The molecule has 132 valence electrons. The van der Waals surface area contributed by atoms with Crippen molar-refractivity contribution in [2.24, 2.45) is 5.41 Å². The average molecular weight is 330 g/mol. The molecule has 0 radical (unpaired) electrons. The van der Waals surface area contributed by atoms with Crippen molar-refractivity contribution in [3.8, 4) is 0 Å². The zero-order valence-corrected chi connectivity index (χ0v) is 15.2. The quantitative estimate of drug-likeness (QED) is 0.901. The lowest BCUT2D eigenvalue weighted by Crippen LogP contribution is -2.49. The van der Waals surface area contributed by atoms with Crippen molar-refractivity contribution in [1.29, 1.82) is 0 Å². The molecule has 0 aromatic heterocycles. The first-order chi connectivity index (χ1) is 11.4. The summed E-state index contributed by atoms with van der Waals surface area (Å²) >= 11 is 0. The first kappa shape index (κ1) is 17.3. The molecule has 2 saturated heterocycles. The molecule has 2 fully saturated rings. The standard InChI is InChI=1S/C20H30N2O2/c1-19(2,3)24-18(23)22-13-10-20(11-14-22)9-12-21-17(20)15-16-7-5-4-6-8-16/h4-8,17,21H,9-15H2,1-3H3. The molecule has 1 aromatic rings. The van der Waals surface area contributed by atoms with Gasteiger partial charge in [-0.3, -0.25) is 0 Å². The van der Waals surface area contributed by atoms with E-state index in [1.54, 1.807) is 0 Å². The maximum Gasteiger partial charge on any atom is 0.410 e. The van der Waals surface area contributed by atoms with Crippen LogP contribution in [0.15, 0.2) is 30.3 Å². The second kappa shape index (κ2) is 6.75. The molecule has 1 spiro atoms. The lowest BCUT2D eigenvalue weighted by molar-refractivity contribution is 0.00831. The van der Waals surface area contributed by atoms with Crippen molar-refractivity contribution in [3.63, 3.8) is 0 Å². The smallest absolute Gasteiger partial charge is 0.410 e. The Morgan fingerprint density at radius 3 is 2.50 bits per heavy atom. The van der Waals surface area contributed by atoms with Gasteiger partial charge in [-0.15, -0.1) is 0 Å². The van der Waals surface area contributed by atoms with E-state index < -0.39 is 5.60 Å². The van der Waals surface area contributed by atoms with Crippen molar-refractivity contribution in [2.75, 3.05) is 19.6 Å². The van der Waals surface area contributed by atoms with Crippen molar-refractivity contribution in [3.05, 3.63) is 35.9 Å². The van der Waals surface area contributed by atoms with Crippen molar-refractivity contribution in [2.45, 2.75) is 58.1 Å². The number of hydrogen-bond acceptors (Lipinski definition) is 3. The van der Waals surface area contributed by atoms with Crippen LogP contribution in [0.5, 0.6) is 0 Å². The maximum absolute atomic E-state index is 12.3. The van der Waals surface area contributed by atoms with Crippen LogP contribution in [-0.4, -0.2) is 42.3 Å². The molecule has 24 heavy (non-hydrogen) atoms. The minimum atomic E-state index is -0.420. The number of nitrogens with one attached hydrogen (secondary N) is 1. The highest BCUT2D eigenvalue weighted by molar-refractivity contribution is 5.68. The van der Waals surface area contributed by atoms with E-state index in [2.05, 4.69) is 35.6 Å². The van der Waals surface area contributed by atoms with Gasteiger partial charge in [0.2, 0.25) is 0 Å². The number of ether oxygens (including phenoxy) is 1. The SMILES string of the molecule is CC(C)(C)OC(=O)N1CCC2(CCNC2Cc2ccccc2)CC1. The summed E-state index contributed by atoms with van der Waals surface area (Å²) in [6.45, 7) is 8.47. The van der Waals surface area contributed by atoms with E-state index in [1.165, 1.54) is 12.0 Å². The van der Waals surface area contributed by atoms with Gasteiger partial charge in [0, 0.05) is 19.1 Å². The third-order valence-electron chi connectivity index (χ3n) is 5.45. The normalized spacial score (nSPS) is 23.5. The molecule has 0 aliphatic carbocycles. The molecule has 1 N–H and O–H groups in total. The fraction of sp³-hybridized carbons (Fsp3) is 0.650. The summed E-state index contributed by atoms with van der Waals surface area (Å²) in [6.07, 6.45) is 4.26. The number of benzene rings is 1. The third kappa shape index (κ3) is 3.92. The maximum atomic E-state index is 12.3. The second-order valence-corrected chi connectivity index (χ2v) is 8.28. The molecule has 2 aliphatic rings. The van der Waals surface area contributed by atoms with Gasteiger partial charge < -0.3 is 15.0 Å². The molecule has 1 atom stereocenters. The second-order valence-electron chi connectivity index (χ2n) is 8.28. The van der Waals surface area contributed by atoms with Crippen LogP contribution in [-0.2, 0) is 11.2 Å². The van der Waals surface area contributed by atoms with Gasteiger partial charge in [0.25, 0.3) is 0 Å². The summed E-state index contributed by atoms with van der Waals surface area (Å²) in [7, 11) is 0. The van der Waals surface area contributed by atoms with Crippen molar-refractivity contribution >= 4 is 6.09 Å². The minimum absolute atomic E-state index is 0.164. The Labute approximate surface area is 145 Å². The predicted molar refractivity (Wildman–Crippen MR) is 96.0 cm³/mol. The Kier molecular flexibility index (Phi) is 4.86. The van der Waals surface area contributed by atoms with E-state index in [0.717, 1.165) is 38.9 Å². The van der Waals surface area contributed by atoms with Gasteiger partial charge in [-0.05, 0) is 64.0 Å². The largest absolute Gasteiger partial charge is 0.444 e. The van der Waals surface area contributed by atoms with Crippen LogP contribution < -0.4 is 5.32 Å². The van der Waals surface area contributed by atoms with Crippen LogP contribution in [0.25, 0.3) is 0 Å². The number of carbonyl (C=O) groups is 1.